The van der Waals surface area contributed by atoms with Crippen molar-refractivity contribution in [1.29, 1.82) is 0 Å². The van der Waals surface area contributed by atoms with E-state index in [1.165, 1.54) is 48.5 Å². The minimum atomic E-state index is -1.36. The molecule has 12 nitrogen and oxygen atoms in total. The zero-order valence-electron chi connectivity index (χ0n) is 22.4. The zero-order valence-corrected chi connectivity index (χ0v) is 22.4. The minimum Gasteiger partial charge on any atom is -0.508 e. The lowest BCUT2D eigenvalue weighted by molar-refractivity contribution is -0.145. The molecule has 0 unspecified atom stereocenters. The molecule has 0 aliphatic heterocycles. The van der Waals surface area contributed by atoms with E-state index >= 15 is 0 Å². The molecule has 0 bridgehead atoms. The van der Waals surface area contributed by atoms with E-state index in [4.69, 9.17) is 9.47 Å². The summed E-state index contributed by atoms with van der Waals surface area (Å²) in [4.78, 5) is 79.4. The third-order valence-electron chi connectivity index (χ3n) is 7.26. The summed E-state index contributed by atoms with van der Waals surface area (Å²) in [7, 11) is 2.22. The lowest BCUT2D eigenvalue weighted by Crippen LogP contribution is -2.36. The molecule has 214 valence electrons. The Morgan fingerprint density at radius 2 is 0.881 bits per heavy atom. The van der Waals surface area contributed by atoms with Crippen LogP contribution in [-0.2, 0) is 31.9 Å². The van der Waals surface area contributed by atoms with Gasteiger partial charge in [-0.05, 0) is 47.5 Å². The van der Waals surface area contributed by atoms with Gasteiger partial charge in [0, 0.05) is 12.8 Å². The Balaban J connectivity index is 1.66. The minimum absolute atomic E-state index is 0.00973. The molecule has 0 saturated heterocycles. The zero-order chi connectivity index (χ0) is 30.3. The Kier molecular flexibility index (Phi) is 7.21. The SMILES string of the molecule is COC(=O)[C@H](Cc1ccc(O)cc1)n1c(=O)c2cc3c(=O)n([C@@H](Cc4ccc(O)cc4)C(=O)OC)c(=O)c3cc2c1=O. The van der Waals surface area contributed by atoms with E-state index in [-0.39, 0.29) is 45.9 Å². The van der Waals surface area contributed by atoms with Gasteiger partial charge in [-0.15, -0.1) is 0 Å². The average Bonchev–Trinajstić information content (AvgIpc) is 3.38. The molecule has 0 spiro atoms. The number of ether oxygens (including phenoxy) is 2. The first-order valence-corrected chi connectivity index (χ1v) is 12.7. The van der Waals surface area contributed by atoms with Crippen molar-refractivity contribution in [3.63, 3.8) is 0 Å². The second-order valence-corrected chi connectivity index (χ2v) is 9.72. The van der Waals surface area contributed by atoms with Crippen LogP contribution >= 0.6 is 0 Å². The fourth-order valence-electron chi connectivity index (χ4n) is 5.12. The van der Waals surface area contributed by atoms with Gasteiger partial charge in [0.25, 0.3) is 22.2 Å². The van der Waals surface area contributed by atoms with Gasteiger partial charge in [0.15, 0.2) is 0 Å². The van der Waals surface area contributed by atoms with Crippen LogP contribution in [-0.4, -0.2) is 45.5 Å². The van der Waals surface area contributed by atoms with Crippen molar-refractivity contribution >= 4 is 33.5 Å². The molecular formula is C30H24N2O10. The molecule has 0 radical (unpaired) electrons. The van der Waals surface area contributed by atoms with E-state index in [0.29, 0.717) is 11.1 Å². The lowest BCUT2D eigenvalue weighted by atomic mass is 10.1. The number of fused-ring (bicyclic) bond motifs is 2. The van der Waals surface area contributed by atoms with Crippen LogP contribution in [0.15, 0.2) is 79.8 Å². The van der Waals surface area contributed by atoms with Gasteiger partial charge in [0.05, 0.1) is 35.8 Å². The molecule has 0 aliphatic rings. The van der Waals surface area contributed by atoms with E-state index in [1.54, 1.807) is 0 Å². The van der Waals surface area contributed by atoms with E-state index in [0.717, 1.165) is 35.5 Å². The van der Waals surface area contributed by atoms with Gasteiger partial charge >= 0.3 is 11.9 Å². The van der Waals surface area contributed by atoms with Crippen molar-refractivity contribution < 1.29 is 29.3 Å². The Bertz CT molecular complexity index is 1820. The van der Waals surface area contributed by atoms with Crippen LogP contribution < -0.4 is 22.2 Å². The Labute approximate surface area is 235 Å². The molecule has 2 heterocycles. The molecule has 0 saturated carbocycles. The van der Waals surface area contributed by atoms with Crippen molar-refractivity contribution in [2.75, 3.05) is 14.2 Å². The number of carbonyl (C=O) groups is 2. The average molecular weight is 573 g/mol. The molecule has 0 aliphatic carbocycles. The molecule has 2 N–H and O–H groups in total. The van der Waals surface area contributed by atoms with Gasteiger partial charge in [0.2, 0.25) is 0 Å². The number of rotatable bonds is 8. The van der Waals surface area contributed by atoms with Crippen LogP contribution in [0.2, 0.25) is 0 Å². The second kappa shape index (κ2) is 10.8. The van der Waals surface area contributed by atoms with Gasteiger partial charge in [-0.1, -0.05) is 24.3 Å². The van der Waals surface area contributed by atoms with Gasteiger partial charge in [0.1, 0.15) is 23.6 Å². The Hall–Kier alpha value is -5.52. The van der Waals surface area contributed by atoms with Gasteiger partial charge in [-0.25, -0.2) is 9.59 Å². The molecule has 42 heavy (non-hydrogen) atoms. The molecule has 12 heteroatoms. The number of methoxy groups -OCH3 is 2. The summed E-state index contributed by atoms with van der Waals surface area (Å²) < 4.78 is 11.2. The lowest BCUT2D eigenvalue weighted by Gasteiger charge is -2.15. The van der Waals surface area contributed by atoms with Crippen LogP contribution in [0.25, 0.3) is 21.5 Å². The van der Waals surface area contributed by atoms with Gasteiger partial charge in [-0.2, -0.15) is 0 Å². The van der Waals surface area contributed by atoms with Crippen LogP contribution in [0.1, 0.15) is 23.2 Å². The number of aromatic nitrogens is 2. The second-order valence-electron chi connectivity index (χ2n) is 9.72. The third-order valence-corrected chi connectivity index (χ3v) is 7.26. The summed E-state index contributed by atoms with van der Waals surface area (Å²) in [5.74, 6) is -1.74. The van der Waals surface area contributed by atoms with Crippen LogP contribution in [0.4, 0.5) is 0 Å². The highest BCUT2D eigenvalue weighted by Gasteiger charge is 2.31. The van der Waals surface area contributed by atoms with E-state index in [2.05, 4.69) is 0 Å². The maximum atomic E-state index is 13.5. The fraction of sp³-hybridized carbons (Fsp3) is 0.200. The third kappa shape index (κ3) is 4.72. The molecule has 2 aromatic heterocycles. The number of nitrogens with zero attached hydrogens (tertiary/aromatic N) is 2. The molecule has 0 amide bonds. The summed E-state index contributed by atoms with van der Waals surface area (Å²) in [6.07, 6.45) is -0.219. The van der Waals surface area contributed by atoms with Crippen molar-refractivity contribution in [3.05, 3.63) is 113 Å². The first kappa shape index (κ1) is 28.0. The Morgan fingerprint density at radius 1 is 0.595 bits per heavy atom. The topological polar surface area (TPSA) is 171 Å². The molecule has 5 rings (SSSR count). The summed E-state index contributed by atoms with van der Waals surface area (Å²) in [5.41, 5.74) is -2.38. The quantitative estimate of drug-likeness (QED) is 0.258. The molecular weight excluding hydrogens is 548 g/mol. The van der Waals surface area contributed by atoms with Crippen molar-refractivity contribution in [1.82, 2.24) is 9.13 Å². The van der Waals surface area contributed by atoms with E-state index < -0.39 is 46.3 Å². The number of phenols is 2. The highest BCUT2D eigenvalue weighted by Crippen LogP contribution is 2.22. The summed E-state index contributed by atoms with van der Waals surface area (Å²) in [5, 5.41) is 18.4. The number of esters is 2. The number of carbonyl (C=O) groups excluding carboxylic acids is 2. The van der Waals surface area contributed by atoms with Gasteiger partial charge in [-0.3, -0.25) is 28.3 Å². The molecule has 3 aromatic carbocycles. The Morgan fingerprint density at radius 3 is 1.14 bits per heavy atom. The number of aromatic hydroxyl groups is 2. The van der Waals surface area contributed by atoms with Crippen molar-refractivity contribution in [2.24, 2.45) is 0 Å². The normalized spacial score (nSPS) is 12.8. The summed E-state index contributed by atoms with van der Waals surface area (Å²) in [6, 6.07) is 11.2. The number of benzene rings is 3. The van der Waals surface area contributed by atoms with Crippen LogP contribution in [0.3, 0.4) is 0 Å². The van der Waals surface area contributed by atoms with E-state index in [1.807, 2.05) is 0 Å². The molecule has 5 aromatic rings. The first-order valence-electron chi connectivity index (χ1n) is 12.7. The monoisotopic (exact) mass is 572 g/mol. The van der Waals surface area contributed by atoms with Crippen molar-refractivity contribution in [2.45, 2.75) is 24.9 Å². The maximum absolute atomic E-state index is 13.5. The summed E-state index contributed by atoms with van der Waals surface area (Å²) in [6.45, 7) is 0. The molecule has 2 atom stereocenters. The number of hydrogen-bond donors (Lipinski definition) is 2. The maximum Gasteiger partial charge on any atom is 0.329 e. The number of hydrogen-bond acceptors (Lipinski definition) is 10. The predicted molar refractivity (Wildman–Crippen MR) is 151 cm³/mol. The van der Waals surface area contributed by atoms with Crippen LogP contribution in [0.5, 0.6) is 11.5 Å². The van der Waals surface area contributed by atoms with E-state index in [9.17, 15) is 39.0 Å². The highest BCUT2D eigenvalue weighted by atomic mass is 16.5. The predicted octanol–water partition coefficient (Wildman–Crippen LogP) is 1.24. The highest BCUT2D eigenvalue weighted by molar-refractivity contribution is 5.98. The standard InChI is InChI=1S/C30H24N2O10/c1-41-29(39)23(11-15-3-7-17(33)8-4-15)31-25(35)19-13-21-22(14-20(19)26(31)36)28(38)32(27(21)37)24(30(40)42-2)12-16-5-9-18(34)10-6-16/h3-10,13-14,23-24,33-34H,11-12H2,1-2H3/t23-,24-/m0/s1. The number of phenolic OH excluding ortho intramolecular Hbond substituents is 2. The molecule has 0 fully saturated rings. The van der Waals surface area contributed by atoms with Gasteiger partial charge < -0.3 is 19.7 Å². The smallest absolute Gasteiger partial charge is 0.329 e. The largest absolute Gasteiger partial charge is 0.508 e. The fourth-order valence-corrected chi connectivity index (χ4v) is 5.12. The summed E-state index contributed by atoms with van der Waals surface area (Å²) >= 11 is 0. The van der Waals surface area contributed by atoms with Crippen LogP contribution in [0, 0.1) is 0 Å². The first-order chi connectivity index (χ1) is 20.0. The van der Waals surface area contributed by atoms with Crippen molar-refractivity contribution in [3.8, 4) is 11.5 Å².